The van der Waals surface area contributed by atoms with Crippen molar-refractivity contribution < 1.29 is 9.59 Å². The van der Waals surface area contributed by atoms with Crippen molar-refractivity contribution in [2.24, 2.45) is 5.92 Å². The lowest BCUT2D eigenvalue weighted by molar-refractivity contribution is -0.118. The number of carbonyl (C=O) groups is 2. The van der Waals surface area contributed by atoms with Crippen LogP contribution in [-0.2, 0) is 4.79 Å². The van der Waals surface area contributed by atoms with E-state index in [1.54, 1.807) is 36.4 Å². The zero-order chi connectivity index (χ0) is 17.7. The second kappa shape index (κ2) is 7.97. The highest BCUT2D eigenvalue weighted by molar-refractivity contribution is 6.31. The fourth-order valence-corrected chi connectivity index (χ4v) is 2.46. The molecule has 0 aromatic heterocycles. The molecule has 2 amide bonds. The van der Waals surface area contributed by atoms with Crippen LogP contribution in [-0.4, -0.2) is 17.9 Å². The number of carbonyl (C=O) groups excluding carboxylic acids is 2. The molecule has 0 saturated carbocycles. The van der Waals surface area contributed by atoms with E-state index in [9.17, 15) is 9.59 Å². The number of nitrogens with one attached hydrogen (secondary N) is 2. The Morgan fingerprint density at radius 1 is 1.04 bits per heavy atom. The number of halogens is 1. The van der Waals surface area contributed by atoms with E-state index in [1.165, 1.54) is 0 Å². The van der Waals surface area contributed by atoms with Gasteiger partial charge >= 0.3 is 0 Å². The summed E-state index contributed by atoms with van der Waals surface area (Å²) < 4.78 is 0. The van der Waals surface area contributed by atoms with Crippen LogP contribution in [0.15, 0.2) is 48.5 Å². The van der Waals surface area contributed by atoms with Gasteiger partial charge in [0, 0.05) is 16.3 Å². The Balaban J connectivity index is 2.13. The van der Waals surface area contributed by atoms with Gasteiger partial charge in [-0.15, -0.1) is 0 Å². The van der Waals surface area contributed by atoms with E-state index in [2.05, 4.69) is 10.6 Å². The van der Waals surface area contributed by atoms with Gasteiger partial charge in [0.05, 0.1) is 0 Å². The van der Waals surface area contributed by atoms with Crippen LogP contribution in [0.25, 0.3) is 0 Å². The molecule has 1 unspecified atom stereocenters. The lowest BCUT2D eigenvalue weighted by atomic mass is 10.0. The molecule has 2 N–H and O–H groups in total. The maximum atomic E-state index is 12.6. The number of anilines is 1. The summed E-state index contributed by atoms with van der Waals surface area (Å²) in [6.07, 6.45) is 0. The first-order chi connectivity index (χ1) is 11.4. The van der Waals surface area contributed by atoms with Crippen LogP contribution in [0.1, 0.15) is 29.8 Å². The minimum Gasteiger partial charge on any atom is -0.340 e. The van der Waals surface area contributed by atoms with Gasteiger partial charge in [0.1, 0.15) is 6.04 Å². The Hall–Kier alpha value is -2.33. The third kappa shape index (κ3) is 4.59. The first kappa shape index (κ1) is 18.0. The summed E-state index contributed by atoms with van der Waals surface area (Å²) in [5.41, 5.74) is 2.08. The lowest BCUT2D eigenvalue weighted by Gasteiger charge is -2.22. The third-order valence-corrected chi connectivity index (χ3v) is 3.96. The molecule has 0 aliphatic carbocycles. The van der Waals surface area contributed by atoms with Crippen molar-refractivity contribution in [2.45, 2.75) is 26.8 Å². The molecule has 2 aromatic carbocycles. The highest BCUT2D eigenvalue weighted by atomic mass is 35.5. The Morgan fingerprint density at radius 3 is 2.33 bits per heavy atom. The van der Waals surface area contributed by atoms with E-state index in [1.807, 2.05) is 32.9 Å². The number of hydrogen-bond donors (Lipinski definition) is 2. The van der Waals surface area contributed by atoms with Crippen molar-refractivity contribution in [1.82, 2.24) is 5.32 Å². The molecule has 1 atom stereocenters. The quantitative estimate of drug-likeness (QED) is 0.860. The van der Waals surface area contributed by atoms with E-state index >= 15 is 0 Å². The highest BCUT2D eigenvalue weighted by Crippen LogP contribution is 2.21. The maximum absolute atomic E-state index is 12.6. The zero-order valence-corrected chi connectivity index (χ0v) is 14.7. The lowest BCUT2D eigenvalue weighted by Crippen LogP contribution is -2.47. The minimum atomic E-state index is -0.643. The molecule has 2 rings (SSSR count). The fraction of sp³-hybridized carbons (Fsp3) is 0.263. The smallest absolute Gasteiger partial charge is 0.251 e. The number of rotatable bonds is 5. The van der Waals surface area contributed by atoms with Gasteiger partial charge in [0.15, 0.2) is 0 Å². The molecule has 5 heteroatoms. The summed E-state index contributed by atoms with van der Waals surface area (Å²) in [4.78, 5) is 24.9. The van der Waals surface area contributed by atoms with Crippen molar-refractivity contribution in [2.75, 3.05) is 5.32 Å². The van der Waals surface area contributed by atoms with Gasteiger partial charge in [0.25, 0.3) is 5.91 Å². The molecular weight excluding hydrogens is 324 g/mol. The van der Waals surface area contributed by atoms with E-state index in [0.717, 1.165) is 5.56 Å². The van der Waals surface area contributed by atoms with Gasteiger partial charge in [-0.3, -0.25) is 9.59 Å². The van der Waals surface area contributed by atoms with Gasteiger partial charge < -0.3 is 10.6 Å². The minimum absolute atomic E-state index is 0.0582. The molecule has 0 fully saturated rings. The Kier molecular flexibility index (Phi) is 5.99. The summed E-state index contributed by atoms with van der Waals surface area (Å²) in [7, 11) is 0. The predicted octanol–water partition coefficient (Wildman–Crippen LogP) is 4.04. The molecule has 4 nitrogen and oxygen atoms in total. The molecule has 2 aromatic rings. The van der Waals surface area contributed by atoms with Crippen molar-refractivity contribution in [1.29, 1.82) is 0 Å². The Labute approximate surface area is 147 Å². The second-order valence-electron chi connectivity index (χ2n) is 6.01. The van der Waals surface area contributed by atoms with Crippen LogP contribution >= 0.6 is 11.6 Å². The molecule has 0 aliphatic heterocycles. The first-order valence-corrected chi connectivity index (χ1v) is 8.19. The summed E-state index contributed by atoms with van der Waals surface area (Å²) in [5, 5.41) is 6.20. The maximum Gasteiger partial charge on any atom is 0.251 e. The molecule has 0 spiro atoms. The molecule has 126 valence electrons. The Morgan fingerprint density at radius 2 is 1.71 bits per heavy atom. The van der Waals surface area contributed by atoms with Crippen LogP contribution in [0.5, 0.6) is 0 Å². The number of benzene rings is 2. The zero-order valence-electron chi connectivity index (χ0n) is 14.0. The predicted molar refractivity (Wildman–Crippen MR) is 97.4 cm³/mol. The van der Waals surface area contributed by atoms with Gasteiger partial charge in [-0.25, -0.2) is 0 Å². The average Bonchev–Trinajstić information content (AvgIpc) is 2.56. The molecule has 0 radical (unpaired) electrons. The van der Waals surface area contributed by atoms with Gasteiger partial charge in [-0.05, 0) is 42.7 Å². The van der Waals surface area contributed by atoms with Gasteiger partial charge in [0.2, 0.25) is 5.91 Å². The summed E-state index contributed by atoms with van der Waals surface area (Å²) >= 11 is 5.99. The van der Waals surface area contributed by atoms with Crippen LogP contribution in [0.4, 0.5) is 5.69 Å². The average molecular weight is 345 g/mol. The summed E-state index contributed by atoms with van der Waals surface area (Å²) in [5.74, 6) is -0.593. The number of aryl methyl sites for hydroxylation is 1. The normalized spacial score (nSPS) is 11.9. The molecule has 0 saturated heterocycles. The van der Waals surface area contributed by atoms with E-state index in [0.29, 0.717) is 16.3 Å². The van der Waals surface area contributed by atoms with Crippen LogP contribution < -0.4 is 10.6 Å². The first-order valence-electron chi connectivity index (χ1n) is 7.81. The van der Waals surface area contributed by atoms with Gasteiger partial charge in [-0.2, -0.15) is 0 Å². The van der Waals surface area contributed by atoms with Crippen molar-refractivity contribution in [3.63, 3.8) is 0 Å². The molecule has 0 bridgehead atoms. The SMILES string of the molecule is Cc1ccc(Cl)cc1NC(=O)C(NC(=O)c1ccccc1)C(C)C. The number of hydrogen-bond acceptors (Lipinski definition) is 2. The van der Waals surface area contributed by atoms with Crippen LogP contribution in [0.3, 0.4) is 0 Å². The van der Waals surface area contributed by atoms with Crippen molar-refractivity contribution in [3.8, 4) is 0 Å². The highest BCUT2D eigenvalue weighted by Gasteiger charge is 2.25. The standard InChI is InChI=1S/C19H21ClN2O2/c1-12(2)17(22-18(23)14-7-5-4-6-8-14)19(24)21-16-11-15(20)10-9-13(16)3/h4-12,17H,1-3H3,(H,21,24)(H,22,23). The van der Waals surface area contributed by atoms with E-state index < -0.39 is 6.04 Å². The Bertz CT molecular complexity index is 729. The van der Waals surface area contributed by atoms with Gasteiger partial charge in [-0.1, -0.05) is 49.7 Å². The molecule has 0 heterocycles. The second-order valence-corrected chi connectivity index (χ2v) is 6.45. The fourth-order valence-electron chi connectivity index (χ4n) is 2.29. The van der Waals surface area contributed by atoms with E-state index in [4.69, 9.17) is 11.6 Å². The monoisotopic (exact) mass is 344 g/mol. The molecular formula is C19H21ClN2O2. The van der Waals surface area contributed by atoms with Crippen LogP contribution in [0, 0.1) is 12.8 Å². The molecule has 24 heavy (non-hydrogen) atoms. The van der Waals surface area contributed by atoms with Crippen LogP contribution in [0.2, 0.25) is 5.02 Å². The van der Waals surface area contributed by atoms with E-state index in [-0.39, 0.29) is 17.7 Å². The summed E-state index contributed by atoms with van der Waals surface area (Å²) in [6, 6.07) is 13.5. The molecule has 0 aliphatic rings. The largest absolute Gasteiger partial charge is 0.340 e. The van der Waals surface area contributed by atoms with Crippen molar-refractivity contribution >= 4 is 29.1 Å². The topological polar surface area (TPSA) is 58.2 Å². The third-order valence-electron chi connectivity index (χ3n) is 3.73. The number of amides is 2. The van der Waals surface area contributed by atoms with Crippen molar-refractivity contribution in [3.05, 3.63) is 64.7 Å². The summed E-state index contributed by atoms with van der Waals surface area (Å²) in [6.45, 7) is 5.67.